The molecule has 0 fully saturated rings. The molecule has 1 aliphatic carbocycles. The second kappa shape index (κ2) is 6.02. The average molecular weight is 349 g/mol. The Labute approximate surface area is 151 Å². The van der Waals surface area contributed by atoms with Crippen LogP contribution in [0.5, 0.6) is 5.75 Å². The molecular weight excluding hydrogens is 330 g/mol. The van der Waals surface area contributed by atoms with Gasteiger partial charge < -0.3 is 14.8 Å². The minimum absolute atomic E-state index is 0.192. The maximum Gasteiger partial charge on any atom is 0.335 e. The van der Waals surface area contributed by atoms with E-state index in [-0.39, 0.29) is 5.91 Å². The smallest absolute Gasteiger partial charge is 0.335 e. The summed E-state index contributed by atoms with van der Waals surface area (Å²) in [5, 5.41) is 2.98. The molecule has 0 saturated heterocycles. The summed E-state index contributed by atoms with van der Waals surface area (Å²) < 4.78 is 10.2. The molecule has 5 heteroatoms. The molecule has 1 unspecified atom stereocenters. The molecule has 1 amide bonds. The largest absolute Gasteiger partial charge is 0.497 e. The lowest BCUT2D eigenvalue weighted by Gasteiger charge is -2.39. The number of carbonyl (C=O) groups excluding carboxylic acids is 2. The van der Waals surface area contributed by atoms with Crippen LogP contribution in [0.3, 0.4) is 0 Å². The summed E-state index contributed by atoms with van der Waals surface area (Å²) in [6.45, 7) is 0. The Hall–Kier alpha value is -3.08. The fraction of sp³-hybridized carbons (Fsp3) is 0.238. The van der Waals surface area contributed by atoms with Gasteiger partial charge in [-0.1, -0.05) is 30.3 Å². The van der Waals surface area contributed by atoms with Gasteiger partial charge in [0.25, 0.3) is 5.91 Å². The number of fused-ring (bicyclic) bond motifs is 3. The van der Waals surface area contributed by atoms with E-state index in [0.29, 0.717) is 29.7 Å². The van der Waals surface area contributed by atoms with Gasteiger partial charge in [0, 0.05) is 11.3 Å². The van der Waals surface area contributed by atoms with Crippen LogP contribution in [0.1, 0.15) is 34.3 Å². The highest BCUT2D eigenvalue weighted by molar-refractivity contribution is 6.02. The first-order chi connectivity index (χ1) is 12.6. The highest BCUT2D eigenvalue weighted by Gasteiger charge is 2.50. The zero-order chi connectivity index (χ0) is 18.3. The molecule has 2 aliphatic rings. The summed E-state index contributed by atoms with van der Waals surface area (Å²) in [5.74, 6) is 0.174. The van der Waals surface area contributed by atoms with Crippen molar-refractivity contribution in [3.05, 3.63) is 76.5 Å². The number of rotatable bonds is 3. The van der Waals surface area contributed by atoms with E-state index >= 15 is 0 Å². The van der Waals surface area contributed by atoms with Crippen LogP contribution in [0.15, 0.2) is 59.8 Å². The van der Waals surface area contributed by atoms with Crippen LogP contribution in [-0.2, 0) is 14.9 Å². The highest BCUT2D eigenvalue weighted by atomic mass is 16.5. The van der Waals surface area contributed by atoms with Crippen LogP contribution in [0.2, 0.25) is 0 Å². The lowest BCUT2D eigenvalue weighted by Crippen LogP contribution is -2.44. The first kappa shape index (κ1) is 16.4. The number of carbonyl (C=O) groups is 2. The summed E-state index contributed by atoms with van der Waals surface area (Å²) in [7, 11) is 2.99. The number of ether oxygens (including phenoxy) is 2. The lowest BCUT2D eigenvalue weighted by atomic mass is 9.68. The molecule has 5 nitrogen and oxygen atoms in total. The molecule has 0 radical (unpaired) electrons. The molecule has 26 heavy (non-hydrogen) atoms. The Morgan fingerprint density at radius 3 is 2.50 bits per heavy atom. The number of esters is 1. The topological polar surface area (TPSA) is 64.6 Å². The van der Waals surface area contributed by atoms with E-state index in [1.165, 1.54) is 7.11 Å². The van der Waals surface area contributed by atoms with Gasteiger partial charge in [-0.05, 0) is 42.2 Å². The van der Waals surface area contributed by atoms with E-state index < -0.39 is 11.4 Å². The van der Waals surface area contributed by atoms with E-state index in [0.717, 1.165) is 16.9 Å². The van der Waals surface area contributed by atoms with E-state index in [2.05, 4.69) is 5.32 Å². The van der Waals surface area contributed by atoms with Gasteiger partial charge in [0.05, 0.1) is 25.2 Å². The number of amides is 1. The molecular formula is C21H19NO4. The molecule has 0 spiro atoms. The number of hydrogen-bond acceptors (Lipinski definition) is 4. The predicted octanol–water partition coefficient (Wildman–Crippen LogP) is 2.95. The van der Waals surface area contributed by atoms with Gasteiger partial charge in [-0.15, -0.1) is 0 Å². The highest BCUT2D eigenvalue weighted by Crippen LogP contribution is 2.52. The summed E-state index contributed by atoms with van der Waals surface area (Å²) in [6, 6.07) is 15.4. The van der Waals surface area contributed by atoms with Crippen molar-refractivity contribution in [2.24, 2.45) is 0 Å². The van der Waals surface area contributed by atoms with Gasteiger partial charge in [-0.3, -0.25) is 4.79 Å². The van der Waals surface area contributed by atoms with Crippen LogP contribution >= 0.6 is 0 Å². The fourth-order valence-corrected chi connectivity index (χ4v) is 4.15. The Morgan fingerprint density at radius 2 is 1.81 bits per heavy atom. The first-order valence-electron chi connectivity index (χ1n) is 8.49. The van der Waals surface area contributed by atoms with Crippen LogP contribution in [0.25, 0.3) is 0 Å². The second-order valence-electron chi connectivity index (χ2n) is 6.48. The van der Waals surface area contributed by atoms with Crippen molar-refractivity contribution in [2.45, 2.75) is 18.3 Å². The van der Waals surface area contributed by atoms with E-state index in [1.54, 1.807) is 7.11 Å². The second-order valence-corrected chi connectivity index (χ2v) is 6.48. The monoisotopic (exact) mass is 349 g/mol. The molecule has 0 aromatic heterocycles. The summed E-state index contributed by atoms with van der Waals surface area (Å²) in [4.78, 5) is 25.0. The molecule has 1 atom stereocenters. The third kappa shape index (κ3) is 2.17. The van der Waals surface area contributed by atoms with E-state index in [1.807, 2.05) is 48.5 Å². The molecule has 132 valence electrons. The zero-order valence-corrected chi connectivity index (χ0v) is 14.7. The first-order valence-corrected chi connectivity index (χ1v) is 8.49. The Balaban J connectivity index is 2.00. The Bertz CT molecular complexity index is 929. The average Bonchev–Trinajstić information content (AvgIpc) is 3.08. The van der Waals surface area contributed by atoms with Gasteiger partial charge in [0.15, 0.2) is 0 Å². The van der Waals surface area contributed by atoms with Crippen molar-refractivity contribution in [2.75, 3.05) is 14.2 Å². The van der Waals surface area contributed by atoms with Crippen molar-refractivity contribution in [1.82, 2.24) is 5.32 Å². The number of nitrogens with one attached hydrogen (secondary N) is 1. The van der Waals surface area contributed by atoms with Crippen molar-refractivity contribution in [1.29, 1.82) is 0 Å². The van der Waals surface area contributed by atoms with Gasteiger partial charge in [-0.25, -0.2) is 4.79 Å². The minimum atomic E-state index is -0.569. The van der Waals surface area contributed by atoms with Gasteiger partial charge >= 0.3 is 5.97 Å². The quantitative estimate of drug-likeness (QED) is 0.866. The molecule has 1 N–H and O–H groups in total. The molecule has 2 aromatic carbocycles. The van der Waals surface area contributed by atoms with Gasteiger partial charge in [-0.2, -0.15) is 0 Å². The van der Waals surface area contributed by atoms with Crippen molar-refractivity contribution < 1.29 is 19.1 Å². The maximum absolute atomic E-state index is 12.6. The van der Waals surface area contributed by atoms with Crippen LogP contribution in [0.4, 0.5) is 0 Å². The molecule has 2 aromatic rings. The van der Waals surface area contributed by atoms with Crippen molar-refractivity contribution in [3.8, 4) is 5.75 Å². The third-order valence-corrected chi connectivity index (χ3v) is 5.36. The number of hydrogen-bond donors (Lipinski definition) is 1. The molecule has 1 heterocycles. The fourth-order valence-electron chi connectivity index (χ4n) is 4.15. The third-order valence-electron chi connectivity index (χ3n) is 5.36. The Kier molecular flexibility index (Phi) is 3.80. The maximum atomic E-state index is 12.6. The standard InChI is InChI=1S/C21H19NO4/c1-25-14-9-7-13(8-10-14)21-12-11-16(20(24)26-2)18(21)22-19(23)15-5-3-4-6-17(15)21/h3-10H,11-12H2,1-2H3,(H,22,23). The number of methoxy groups -OCH3 is 2. The predicted molar refractivity (Wildman–Crippen MR) is 96.0 cm³/mol. The Morgan fingerprint density at radius 1 is 1.08 bits per heavy atom. The molecule has 1 aliphatic heterocycles. The molecule has 4 rings (SSSR count). The van der Waals surface area contributed by atoms with Crippen LogP contribution < -0.4 is 10.1 Å². The lowest BCUT2D eigenvalue weighted by molar-refractivity contribution is -0.136. The summed E-state index contributed by atoms with van der Waals surface area (Å²) in [6.07, 6.45) is 1.24. The summed E-state index contributed by atoms with van der Waals surface area (Å²) >= 11 is 0. The summed E-state index contributed by atoms with van der Waals surface area (Å²) in [5.41, 5.74) is 3.17. The molecule has 0 bridgehead atoms. The molecule has 0 saturated carbocycles. The van der Waals surface area contributed by atoms with E-state index in [9.17, 15) is 9.59 Å². The SMILES string of the molecule is COC(=O)C1=C2NC(=O)c3ccccc3C2(c2ccc(OC)cc2)CC1. The number of benzene rings is 2. The van der Waals surface area contributed by atoms with Gasteiger partial charge in [0.2, 0.25) is 0 Å². The van der Waals surface area contributed by atoms with Gasteiger partial charge in [0.1, 0.15) is 5.75 Å². The zero-order valence-electron chi connectivity index (χ0n) is 14.7. The van der Waals surface area contributed by atoms with Crippen molar-refractivity contribution >= 4 is 11.9 Å². The minimum Gasteiger partial charge on any atom is -0.497 e. The van der Waals surface area contributed by atoms with Crippen molar-refractivity contribution in [3.63, 3.8) is 0 Å². The normalized spacial score (nSPS) is 20.9. The number of allylic oxidation sites excluding steroid dienone is 1. The van der Waals surface area contributed by atoms with Crippen LogP contribution in [-0.4, -0.2) is 26.1 Å². The van der Waals surface area contributed by atoms with Crippen LogP contribution in [0, 0.1) is 0 Å². The van der Waals surface area contributed by atoms with E-state index in [4.69, 9.17) is 9.47 Å².